The van der Waals surface area contributed by atoms with E-state index in [0.29, 0.717) is 17.5 Å². The van der Waals surface area contributed by atoms with Gasteiger partial charge in [-0.05, 0) is 17.7 Å². The van der Waals surface area contributed by atoms with Crippen LogP contribution >= 0.6 is 0 Å². The normalized spacial score (nSPS) is 15.9. The lowest BCUT2D eigenvalue weighted by molar-refractivity contribution is -0.140. The molecule has 0 aliphatic carbocycles. The van der Waals surface area contributed by atoms with Gasteiger partial charge >= 0.3 is 6.09 Å². The van der Waals surface area contributed by atoms with Crippen molar-refractivity contribution in [1.29, 1.82) is 0 Å². The van der Waals surface area contributed by atoms with Crippen LogP contribution in [-0.2, 0) is 9.53 Å². The van der Waals surface area contributed by atoms with Crippen LogP contribution in [0.3, 0.4) is 0 Å². The molecule has 0 bridgehead atoms. The zero-order valence-corrected chi connectivity index (χ0v) is 17.3. The van der Waals surface area contributed by atoms with Crippen molar-refractivity contribution in [2.24, 2.45) is 0 Å². The van der Waals surface area contributed by atoms with E-state index in [0.717, 1.165) is 10.5 Å². The summed E-state index contributed by atoms with van der Waals surface area (Å²) < 4.78 is 4.86. The molecule has 0 saturated carbocycles. The highest BCUT2D eigenvalue weighted by Crippen LogP contribution is 2.22. The average molecular weight is 430 g/mol. The highest BCUT2D eigenvalue weighted by molar-refractivity contribution is 6.21. The van der Waals surface area contributed by atoms with Crippen LogP contribution in [0.2, 0.25) is 0 Å². The minimum Gasteiger partial charge on any atom is -0.445 e. The first-order valence-corrected chi connectivity index (χ1v) is 9.62. The Labute approximate surface area is 186 Å². The van der Waals surface area contributed by atoms with Crippen molar-refractivity contribution in [2.45, 2.75) is 12.5 Å². The molecule has 4 amide bonds. The van der Waals surface area contributed by atoms with Gasteiger partial charge in [0, 0.05) is 0 Å². The van der Waals surface area contributed by atoms with Gasteiger partial charge in [0.2, 0.25) is 5.91 Å². The molecule has 0 radical (unpaired) electrons. The minimum atomic E-state index is -0.612. The molecule has 162 valence electrons. The van der Waals surface area contributed by atoms with Gasteiger partial charge < -0.3 is 4.74 Å². The molecular formula is C25H22N2O5. The van der Waals surface area contributed by atoms with Gasteiger partial charge in [0.15, 0.2) is 0 Å². The third kappa shape index (κ3) is 5.80. The Morgan fingerprint density at radius 1 is 1.03 bits per heavy atom. The van der Waals surface area contributed by atoms with Gasteiger partial charge in [-0.3, -0.25) is 19.7 Å². The second kappa shape index (κ2) is 11.7. The topological polar surface area (TPSA) is 92.8 Å². The molecule has 7 heteroatoms. The fraction of sp³-hybridized carbons (Fsp3) is 0.120. The zero-order valence-electron chi connectivity index (χ0n) is 17.3. The minimum absolute atomic E-state index is 0.109. The Kier molecular flexibility index (Phi) is 8.69. The van der Waals surface area contributed by atoms with Gasteiger partial charge in [-0.15, -0.1) is 12.8 Å². The highest BCUT2D eigenvalue weighted by Gasteiger charge is 2.40. The van der Waals surface area contributed by atoms with Crippen molar-refractivity contribution in [3.05, 3.63) is 90.0 Å². The lowest BCUT2D eigenvalue weighted by atomic mass is 10.0. The number of fused-ring (bicyclic) bond motifs is 1. The number of benzene rings is 2. The summed E-state index contributed by atoms with van der Waals surface area (Å²) in [6.45, 7) is 3.56. The Bertz CT molecular complexity index is 1020. The predicted octanol–water partition coefficient (Wildman–Crippen LogP) is 3.44. The summed E-state index contributed by atoms with van der Waals surface area (Å²) in [5.74, 6) is -0.812. The van der Waals surface area contributed by atoms with Crippen LogP contribution < -0.4 is 5.32 Å². The lowest BCUT2D eigenvalue weighted by Gasteiger charge is -2.35. The summed E-state index contributed by atoms with van der Waals surface area (Å²) in [6.07, 6.45) is 12.9. The molecule has 32 heavy (non-hydrogen) atoms. The number of carbonyl (C=O) groups excluding carboxylic acids is 4. The van der Waals surface area contributed by atoms with E-state index < -0.39 is 6.09 Å². The van der Waals surface area contributed by atoms with Gasteiger partial charge in [-0.1, -0.05) is 67.3 Å². The van der Waals surface area contributed by atoms with Crippen LogP contribution in [0, 0.1) is 12.8 Å². The van der Waals surface area contributed by atoms with E-state index in [2.05, 4.69) is 24.7 Å². The standard InChI is InChI=1S/C15H15NO3.C8H5NO2.C2H2/c1-2-10-19-15(18)16-13(11-14(16)17)9-8-12-6-4-3-5-7-12;10-7-5-3-1-2-4-6(5)8(11)9-7;1-2/h2-9,13H,1,10-11H2;1-4H,(H,9,10,11);1-2H/b9-8+;;/t13-;;/m1../s1. The van der Waals surface area contributed by atoms with Crippen molar-refractivity contribution < 1.29 is 23.9 Å². The van der Waals surface area contributed by atoms with Crippen molar-refractivity contribution in [3.8, 4) is 12.8 Å². The van der Waals surface area contributed by atoms with Crippen LogP contribution in [0.4, 0.5) is 4.79 Å². The van der Waals surface area contributed by atoms with E-state index in [4.69, 9.17) is 4.74 Å². The number of β-lactam (4-membered cyclic amide) rings is 1. The molecule has 1 atom stereocenters. The molecule has 1 fully saturated rings. The van der Waals surface area contributed by atoms with Gasteiger partial charge in [0.25, 0.3) is 11.8 Å². The maximum atomic E-state index is 11.6. The summed E-state index contributed by atoms with van der Waals surface area (Å²) in [5, 5.41) is 2.20. The number of hydrogen-bond donors (Lipinski definition) is 1. The van der Waals surface area contributed by atoms with Crippen molar-refractivity contribution in [2.75, 3.05) is 6.61 Å². The Balaban J connectivity index is 0.000000236. The highest BCUT2D eigenvalue weighted by atomic mass is 16.6. The molecule has 1 N–H and O–H groups in total. The van der Waals surface area contributed by atoms with Crippen LogP contribution in [0.25, 0.3) is 6.08 Å². The summed E-state index contributed by atoms with van der Waals surface area (Å²) >= 11 is 0. The lowest BCUT2D eigenvalue weighted by Crippen LogP contribution is -2.54. The van der Waals surface area contributed by atoms with E-state index in [1.807, 2.05) is 42.5 Å². The molecule has 2 aliphatic rings. The number of likely N-dealkylation sites (tertiary alicyclic amines) is 1. The summed E-state index contributed by atoms with van der Waals surface area (Å²) in [6, 6.07) is 16.2. The molecule has 2 heterocycles. The fourth-order valence-corrected chi connectivity index (χ4v) is 2.94. The molecule has 7 nitrogen and oxygen atoms in total. The Morgan fingerprint density at radius 3 is 2.12 bits per heavy atom. The number of nitrogens with one attached hydrogen (secondary N) is 1. The number of ether oxygens (including phenoxy) is 1. The molecule has 2 aliphatic heterocycles. The maximum absolute atomic E-state index is 11.6. The first-order chi connectivity index (χ1) is 15.5. The van der Waals surface area contributed by atoms with E-state index in [1.54, 1.807) is 24.3 Å². The van der Waals surface area contributed by atoms with Gasteiger partial charge in [0.05, 0.1) is 23.6 Å². The zero-order chi connectivity index (χ0) is 23.5. The second-order valence-corrected chi connectivity index (χ2v) is 6.50. The Hall–Kier alpha value is -4.44. The number of carbonyl (C=O) groups is 4. The van der Waals surface area contributed by atoms with E-state index >= 15 is 0 Å². The van der Waals surface area contributed by atoms with Gasteiger partial charge in [0.1, 0.15) is 6.61 Å². The molecule has 2 aromatic carbocycles. The molecular weight excluding hydrogens is 408 g/mol. The molecule has 2 aromatic rings. The number of amides is 4. The fourth-order valence-electron chi connectivity index (χ4n) is 2.94. The molecule has 4 rings (SSSR count). The number of rotatable bonds is 4. The Morgan fingerprint density at radius 2 is 1.59 bits per heavy atom. The number of nitrogens with zero attached hydrogens (tertiary/aromatic N) is 1. The van der Waals surface area contributed by atoms with E-state index in [-0.39, 0.29) is 30.4 Å². The van der Waals surface area contributed by atoms with Crippen LogP contribution in [0.5, 0.6) is 0 Å². The van der Waals surface area contributed by atoms with Crippen LogP contribution in [-0.4, -0.2) is 41.4 Å². The first-order valence-electron chi connectivity index (χ1n) is 9.62. The van der Waals surface area contributed by atoms with Gasteiger partial charge in [-0.25, -0.2) is 9.69 Å². The quantitative estimate of drug-likeness (QED) is 0.347. The number of terminal acetylenes is 1. The van der Waals surface area contributed by atoms with Crippen LogP contribution in [0.15, 0.2) is 73.3 Å². The van der Waals surface area contributed by atoms with E-state index in [9.17, 15) is 19.2 Å². The summed E-state index contributed by atoms with van der Waals surface area (Å²) in [4.78, 5) is 46.1. The monoisotopic (exact) mass is 430 g/mol. The number of imide groups is 2. The van der Waals surface area contributed by atoms with Gasteiger partial charge in [-0.2, -0.15) is 0 Å². The van der Waals surface area contributed by atoms with E-state index in [1.165, 1.54) is 6.08 Å². The molecule has 0 spiro atoms. The third-order valence-corrected chi connectivity index (χ3v) is 4.46. The largest absolute Gasteiger partial charge is 0.445 e. The molecule has 0 aromatic heterocycles. The predicted molar refractivity (Wildman–Crippen MR) is 120 cm³/mol. The molecule has 0 unspecified atom stereocenters. The summed E-state index contributed by atoms with van der Waals surface area (Å²) in [5.41, 5.74) is 1.97. The average Bonchev–Trinajstić information content (AvgIpc) is 3.11. The maximum Gasteiger partial charge on any atom is 0.417 e. The van der Waals surface area contributed by atoms with Crippen molar-refractivity contribution in [3.63, 3.8) is 0 Å². The smallest absolute Gasteiger partial charge is 0.417 e. The molecule has 1 saturated heterocycles. The second-order valence-electron chi connectivity index (χ2n) is 6.50. The third-order valence-electron chi connectivity index (χ3n) is 4.46. The van der Waals surface area contributed by atoms with Crippen molar-refractivity contribution >= 4 is 29.9 Å². The van der Waals surface area contributed by atoms with Crippen LogP contribution in [0.1, 0.15) is 32.7 Å². The van der Waals surface area contributed by atoms with Crippen molar-refractivity contribution in [1.82, 2.24) is 10.2 Å². The number of hydrogen-bond acceptors (Lipinski definition) is 5. The SMILES string of the molecule is C#C.C=CCOC(=O)N1C(=O)C[C@H]1/C=C/c1ccccc1.O=C1NC(=O)c2ccccc21. The summed E-state index contributed by atoms with van der Waals surface area (Å²) in [7, 11) is 0. The first kappa shape index (κ1) is 23.8.